The Labute approximate surface area is 123 Å². The summed E-state index contributed by atoms with van der Waals surface area (Å²) in [6.45, 7) is 1.60. The van der Waals surface area contributed by atoms with Gasteiger partial charge in [0.2, 0.25) is 0 Å². The molecule has 4 nitrogen and oxygen atoms in total. The molecule has 0 saturated heterocycles. The highest BCUT2D eigenvalue weighted by atomic mass is 16.6. The zero-order valence-electron chi connectivity index (χ0n) is 11.9. The lowest BCUT2D eigenvalue weighted by Gasteiger charge is -2.14. The first-order chi connectivity index (χ1) is 10.1. The molecule has 0 aromatic heterocycles. The van der Waals surface area contributed by atoms with Crippen LogP contribution in [0.25, 0.3) is 0 Å². The van der Waals surface area contributed by atoms with Gasteiger partial charge in [0.1, 0.15) is 5.78 Å². The van der Waals surface area contributed by atoms with E-state index in [4.69, 9.17) is 0 Å². The molecule has 108 valence electrons. The van der Waals surface area contributed by atoms with Gasteiger partial charge in [0, 0.05) is 18.1 Å². The first kappa shape index (κ1) is 14.9. The number of non-ortho nitro benzene ring substituents is 1. The van der Waals surface area contributed by atoms with Gasteiger partial charge in [0.15, 0.2) is 0 Å². The number of hydrogen-bond donors (Lipinski definition) is 0. The number of carbonyl (C=O) groups excluding carboxylic acids is 1. The molecule has 4 heteroatoms. The predicted molar refractivity (Wildman–Crippen MR) is 81.1 cm³/mol. The first-order valence-corrected chi connectivity index (χ1v) is 6.84. The second-order valence-electron chi connectivity index (χ2n) is 5.12. The molecule has 21 heavy (non-hydrogen) atoms. The van der Waals surface area contributed by atoms with Gasteiger partial charge in [0.25, 0.3) is 5.69 Å². The number of Topliss-reactive ketones (excluding diaryl/α,β-unsaturated/α-hetero) is 1. The van der Waals surface area contributed by atoms with Crippen molar-refractivity contribution in [1.29, 1.82) is 0 Å². The monoisotopic (exact) mass is 283 g/mol. The number of hydrogen-bond acceptors (Lipinski definition) is 3. The molecule has 1 unspecified atom stereocenters. The van der Waals surface area contributed by atoms with E-state index in [1.807, 2.05) is 30.3 Å². The van der Waals surface area contributed by atoms with Gasteiger partial charge in [0.05, 0.1) is 4.92 Å². The summed E-state index contributed by atoms with van der Waals surface area (Å²) in [4.78, 5) is 22.0. The summed E-state index contributed by atoms with van der Waals surface area (Å²) >= 11 is 0. The van der Waals surface area contributed by atoms with E-state index in [0.29, 0.717) is 12.8 Å². The summed E-state index contributed by atoms with van der Waals surface area (Å²) in [5.41, 5.74) is 2.14. The largest absolute Gasteiger partial charge is 0.300 e. The van der Waals surface area contributed by atoms with Crippen molar-refractivity contribution >= 4 is 11.5 Å². The second-order valence-corrected chi connectivity index (χ2v) is 5.12. The molecule has 2 aromatic carbocycles. The third-order valence-electron chi connectivity index (χ3n) is 3.53. The Morgan fingerprint density at radius 3 is 2.00 bits per heavy atom. The van der Waals surface area contributed by atoms with Crippen molar-refractivity contribution in [3.63, 3.8) is 0 Å². The van der Waals surface area contributed by atoms with Gasteiger partial charge in [-0.1, -0.05) is 42.5 Å². The normalized spacial score (nSPS) is 11.9. The standard InChI is InChI=1S/C17H17NO3/c1-13(19)16(11-14-5-3-2-4-6-14)12-15-7-9-17(10-8-15)18(20)21/h2-10,16H,11-12H2,1H3. The summed E-state index contributed by atoms with van der Waals surface area (Å²) in [5, 5.41) is 10.6. The first-order valence-electron chi connectivity index (χ1n) is 6.84. The fourth-order valence-electron chi connectivity index (χ4n) is 2.30. The van der Waals surface area contributed by atoms with Gasteiger partial charge in [-0.3, -0.25) is 14.9 Å². The van der Waals surface area contributed by atoms with Gasteiger partial charge in [-0.05, 0) is 30.9 Å². The van der Waals surface area contributed by atoms with E-state index in [-0.39, 0.29) is 17.4 Å². The lowest BCUT2D eigenvalue weighted by atomic mass is 9.90. The van der Waals surface area contributed by atoms with Crippen LogP contribution in [0.5, 0.6) is 0 Å². The molecule has 0 spiro atoms. The van der Waals surface area contributed by atoms with Crippen LogP contribution in [0.4, 0.5) is 5.69 Å². The Bertz CT molecular complexity index is 620. The van der Waals surface area contributed by atoms with Crippen molar-refractivity contribution in [1.82, 2.24) is 0 Å². The molecule has 1 atom stereocenters. The van der Waals surface area contributed by atoms with E-state index in [1.165, 1.54) is 12.1 Å². The molecule has 0 saturated carbocycles. The maximum atomic E-state index is 11.8. The van der Waals surface area contributed by atoms with Gasteiger partial charge in [-0.15, -0.1) is 0 Å². The van der Waals surface area contributed by atoms with Gasteiger partial charge in [-0.2, -0.15) is 0 Å². The number of carbonyl (C=O) groups is 1. The average Bonchev–Trinajstić information content (AvgIpc) is 2.48. The van der Waals surface area contributed by atoms with Gasteiger partial charge < -0.3 is 0 Å². The Hall–Kier alpha value is -2.49. The third kappa shape index (κ3) is 4.24. The van der Waals surface area contributed by atoms with Crippen molar-refractivity contribution in [3.8, 4) is 0 Å². The maximum Gasteiger partial charge on any atom is 0.269 e. The fourth-order valence-corrected chi connectivity index (χ4v) is 2.30. The highest BCUT2D eigenvalue weighted by Crippen LogP contribution is 2.18. The Balaban J connectivity index is 2.09. The van der Waals surface area contributed by atoms with E-state index in [1.54, 1.807) is 19.1 Å². The summed E-state index contributed by atoms with van der Waals surface area (Å²) in [6, 6.07) is 16.3. The van der Waals surface area contributed by atoms with Crippen molar-refractivity contribution in [3.05, 3.63) is 75.8 Å². The molecular formula is C17H17NO3. The van der Waals surface area contributed by atoms with Gasteiger partial charge >= 0.3 is 0 Å². The third-order valence-corrected chi connectivity index (χ3v) is 3.53. The van der Waals surface area contributed by atoms with Crippen molar-refractivity contribution < 1.29 is 9.72 Å². The Morgan fingerprint density at radius 1 is 1.00 bits per heavy atom. The second kappa shape index (κ2) is 6.79. The van der Waals surface area contributed by atoms with E-state index >= 15 is 0 Å². The van der Waals surface area contributed by atoms with Crippen LogP contribution in [0.1, 0.15) is 18.1 Å². The Kier molecular flexibility index (Phi) is 4.82. The molecule has 0 heterocycles. The number of nitro benzene ring substituents is 1. The SMILES string of the molecule is CC(=O)C(Cc1ccccc1)Cc1ccc([N+](=O)[O-])cc1. The molecule has 2 rings (SSSR count). The summed E-state index contributed by atoms with van der Waals surface area (Å²) in [7, 11) is 0. The molecule has 0 aliphatic rings. The molecule has 0 radical (unpaired) electrons. The zero-order valence-corrected chi connectivity index (χ0v) is 11.9. The Morgan fingerprint density at radius 2 is 1.52 bits per heavy atom. The lowest BCUT2D eigenvalue weighted by Crippen LogP contribution is -2.17. The minimum absolute atomic E-state index is 0.0705. The fraction of sp³-hybridized carbons (Fsp3) is 0.235. The summed E-state index contributed by atoms with van der Waals surface area (Å²) in [6.07, 6.45) is 1.29. The van der Waals surface area contributed by atoms with Crippen LogP contribution < -0.4 is 0 Å². The topological polar surface area (TPSA) is 60.2 Å². The van der Waals surface area contributed by atoms with Crippen LogP contribution in [0.15, 0.2) is 54.6 Å². The van der Waals surface area contributed by atoms with Crippen LogP contribution in [0.3, 0.4) is 0 Å². The van der Waals surface area contributed by atoms with Crippen LogP contribution in [-0.4, -0.2) is 10.7 Å². The van der Waals surface area contributed by atoms with Crippen LogP contribution in [0, 0.1) is 16.0 Å². The number of nitrogens with zero attached hydrogens (tertiary/aromatic N) is 1. The van der Waals surface area contributed by atoms with E-state index in [9.17, 15) is 14.9 Å². The maximum absolute atomic E-state index is 11.8. The molecule has 0 aliphatic carbocycles. The molecule has 0 N–H and O–H groups in total. The number of nitro groups is 1. The minimum Gasteiger partial charge on any atom is -0.300 e. The average molecular weight is 283 g/mol. The minimum atomic E-state index is -0.420. The summed E-state index contributed by atoms with van der Waals surface area (Å²) in [5.74, 6) is 0.0334. The molecular weight excluding hydrogens is 266 g/mol. The molecule has 0 aliphatic heterocycles. The van der Waals surface area contributed by atoms with Crippen LogP contribution >= 0.6 is 0 Å². The van der Waals surface area contributed by atoms with Crippen LogP contribution in [-0.2, 0) is 17.6 Å². The highest BCUT2D eigenvalue weighted by molar-refractivity contribution is 5.79. The highest BCUT2D eigenvalue weighted by Gasteiger charge is 2.16. The quantitative estimate of drug-likeness (QED) is 0.601. The van der Waals surface area contributed by atoms with Crippen molar-refractivity contribution in [2.45, 2.75) is 19.8 Å². The van der Waals surface area contributed by atoms with E-state index in [0.717, 1.165) is 11.1 Å². The van der Waals surface area contributed by atoms with E-state index < -0.39 is 4.92 Å². The summed E-state index contributed by atoms with van der Waals surface area (Å²) < 4.78 is 0. The number of ketones is 1. The number of benzene rings is 2. The van der Waals surface area contributed by atoms with Gasteiger partial charge in [-0.25, -0.2) is 0 Å². The van der Waals surface area contributed by atoms with Crippen LogP contribution in [0.2, 0.25) is 0 Å². The molecule has 0 amide bonds. The predicted octanol–water partition coefficient (Wildman–Crippen LogP) is 3.59. The smallest absolute Gasteiger partial charge is 0.269 e. The molecule has 2 aromatic rings. The van der Waals surface area contributed by atoms with Crippen molar-refractivity contribution in [2.75, 3.05) is 0 Å². The zero-order chi connectivity index (χ0) is 15.2. The lowest BCUT2D eigenvalue weighted by molar-refractivity contribution is -0.384. The van der Waals surface area contributed by atoms with Crippen molar-refractivity contribution in [2.24, 2.45) is 5.92 Å². The molecule has 0 bridgehead atoms. The number of rotatable bonds is 6. The molecule has 0 fully saturated rings. The van der Waals surface area contributed by atoms with E-state index in [2.05, 4.69) is 0 Å².